The van der Waals surface area contributed by atoms with Crippen molar-refractivity contribution in [3.05, 3.63) is 65.9 Å². The average molecular weight is 292 g/mol. The fourth-order valence-corrected chi connectivity index (χ4v) is 3.38. The lowest BCUT2D eigenvalue weighted by Crippen LogP contribution is -2.41. The number of nitrogens with zero attached hydrogens (tertiary/aromatic N) is 1. The maximum Gasteiger partial charge on any atom is 0.268 e. The maximum absolute atomic E-state index is 12.9. The monoisotopic (exact) mass is 292 g/mol. The lowest BCUT2D eigenvalue weighted by atomic mass is 9.87. The molecule has 0 radical (unpaired) electrons. The van der Waals surface area contributed by atoms with Crippen molar-refractivity contribution in [1.29, 1.82) is 0 Å². The van der Waals surface area contributed by atoms with Crippen molar-refractivity contribution >= 4 is 22.5 Å². The van der Waals surface area contributed by atoms with E-state index in [1.807, 2.05) is 55.5 Å². The number of anilines is 1. The van der Waals surface area contributed by atoms with Crippen LogP contribution in [0.3, 0.4) is 0 Å². The first-order valence-electron chi connectivity index (χ1n) is 7.38. The lowest BCUT2D eigenvalue weighted by molar-refractivity contribution is -0.132. The molecule has 0 saturated heterocycles. The van der Waals surface area contributed by atoms with Crippen molar-refractivity contribution in [2.75, 3.05) is 11.4 Å². The summed E-state index contributed by atoms with van der Waals surface area (Å²) < 4.78 is 0. The highest BCUT2D eigenvalue weighted by atomic mass is 16.3. The molecule has 2 aromatic carbocycles. The van der Waals surface area contributed by atoms with E-state index in [4.69, 9.17) is 0 Å². The second-order valence-corrected chi connectivity index (χ2v) is 5.52. The highest BCUT2D eigenvalue weighted by Crippen LogP contribution is 2.45. The minimum Gasteiger partial charge on any atom is -0.372 e. The molecular formula is C18H16N2O2. The Morgan fingerprint density at radius 2 is 1.82 bits per heavy atom. The summed E-state index contributed by atoms with van der Waals surface area (Å²) in [6.07, 6.45) is 1.73. The number of amides is 1. The van der Waals surface area contributed by atoms with Crippen LogP contribution in [0.1, 0.15) is 18.1 Å². The van der Waals surface area contributed by atoms with E-state index in [2.05, 4.69) is 4.98 Å². The van der Waals surface area contributed by atoms with E-state index in [-0.39, 0.29) is 5.91 Å². The van der Waals surface area contributed by atoms with Crippen molar-refractivity contribution in [2.24, 2.45) is 0 Å². The average Bonchev–Trinajstić information content (AvgIpc) is 3.07. The number of para-hydroxylation sites is 2. The number of carbonyl (C=O) groups is 1. The van der Waals surface area contributed by atoms with Crippen LogP contribution >= 0.6 is 0 Å². The lowest BCUT2D eigenvalue weighted by Gasteiger charge is -2.22. The standard InChI is InChI=1S/C18H16N2O2/c1-2-20-16-10-6-4-8-13(16)18(22,17(20)21)14-11-19-15-9-5-3-7-12(14)15/h3-11,19,22H,2H2,1H3. The van der Waals surface area contributed by atoms with Gasteiger partial charge in [0.2, 0.25) is 0 Å². The molecule has 0 saturated carbocycles. The van der Waals surface area contributed by atoms with Crippen LogP contribution in [0.15, 0.2) is 54.7 Å². The van der Waals surface area contributed by atoms with Gasteiger partial charge in [-0.3, -0.25) is 4.79 Å². The van der Waals surface area contributed by atoms with Crippen molar-refractivity contribution in [3.63, 3.8) is 0 Å². The normalized spacial score (nSPS) is 20.6. The number of aromatic nitrogens is 1. The predicted molar refractivity (Wildman–Crippen MR) is 85.8 cm³/mol. The minimum atomic E-state index is -1.63. The second-order valence-electron chi connectivity index (χ2n) is 5.52. The van der Waals surface area contributed by atoms with Crippen LogP contribution in [0.5, 0.6) is 0 Å². The molecule has 1 unspecified atom stereocenters. The van der Waals surface area contributed by atoms with E-state index >= 15 is 0 Å². The highest BCUT2D eigenvalue weighted by Gasteiger charge is 2.51. The zero-order valence-corrected chi connectivity index (χ0v) is 12.2. The van der Waals surface area contributed by atoms with Gasteiger partial charge in [-0.15, -0.1) is 0 Å². The number of H-pyrrole nitrogens is 1. The fraction of sp³-hybridized carbons (Fsp3) is 0.167. The van der Waals surface area contributed by atoms with Gasteiger partial charge in [0.25, 0.3) is 5.91 Å². The first-order chi connectivity index (χ1) is 10.7. The molecule has 1 aromatic heterocycles. The third-order valence-electron chi connectivity index (χ3n) is 4.43. The molecule has 110 valence electrons. The number of hydrogen-bond donors (Lipinski definition) is 2. The molecule has 1 amide bonds. The maximum atomic E-state index is 12.9. The SMILES string of the molecule is CCN1C(=O)C(O)(c2c[nH]c3ccccc23)c2ccccc21. The van der Waals surface area contributed by atoms with Crippen LogP contribution in [-0.4, -0.2) is 22.5 Å². The molecule has 0 fully saturated rings. The zero-order chi connectivity index (χ0) is 15.3. The molecule has 2 N–H and O–H groups in total. The topological polar surface area (TPSA) is 56.3 Å². The van der Waals surface area contributed by atoms with Crippen LogP contribution in [0.25, 0.3) is 10.9 Å². The smallest absolute Gasteiger partial charge is 0.268 e. The Morgan fingerprint density at radius 1 is 1.09 bits per heavy atom. The van der Waals surface area contributed by atoms with Crippen molar-refractivity contribution in [1.82, 2.24) is 4.98 Å². The number of aliphatic hydroxyl groups is 1. The van der Waals surface area contributed by atoms with Crippen LogP contribution in [0, 0.1) is 0 Å². The molecule has 4 nitrogen and oxygen atoms in total. The molecule has 4 rings (SSSR count). The summed E-state index contributed by atoms with van der Waals surface area (Å²) in [4.78, 5) is 17.7. The van der Waals surface area contributed by atoms with E-state index in [0.717, 1.165) is 16.6 Å². The second kappa shape index (κ2) is 4.45. The van der Waals surface area contributed by atoms with Gasteiger partial charge in [-0.1, -0.05) is 36.4 Å². The molecule has 1 aliphatic heterocycles. The summed E-state index contributed by atoms with van der Waals surface area (Å²) in [5.41, 5.74) is 1.31. The number of nitrogens with one attached hydrogen (secondary N) is 1. The number of aromatic amines is 1. The Labute approximate surface area is 128 Å². The molecule has 2 heterocycles. The van der Waals surface area contributed by atoms with Gasteiger partial charge >= 0.3 is 0 Å². The van der Waals surface area contributed by atoms with Gasteiger partial charge in [-0.2, -0.15) is 0 Å². The van der Waals surface area contributed by atoms with Crippen LogP contribution in [0.4, 0.5) is 5.69 Å². The summed E-state index contributed by atoms with van der Waals surface area (Å²) in [6, 6.07) is 15.1. The number of likely N-dealkylation sites (N-methyl/N-ethyl adjacent to an activating group) is 1. The summed E-state index contributed by atoms with van der Waals surface area (Å²) in [5.74, 6) is -0.291. The first kappa shape index (κ1) is 13.1. The van der Waals surface area contributed by atoms with Crippen molar-refractivity contribution in [2.45, 2.75) is 12.5 Å². The van der Waals surface area contributed by atoms with E-state index < -0.39 is 5.60 Å². The first-order valence-corrected chi connectivity index (χ1v) is 7.38. The summed E-state index contributed by atoms with van der Waals surface area (Å²) in [7, 11) is 0. The van der Waals surface area contributed by atoms with Gasteiger partial charge < -0.3 is 15.0 Å². The quantitative estimate of drug-likeness (QED) is 0.763. The van der Waals surface area contributed by atoms with E-state index in [9.17, 15) is 9.90 Å². The van der Waals surface area contributed by atoms with Gasteiger partial charge in [0.15, 0.2) is 5.60 Å². The zero-order valence-electron chi connectivity index (χ0n) is 12.2. The number of rotatable bonds is 2. The van der Waals surface area contributed by atoms with Gasteiger partial charge in [0.05, 0.1) is 5.69 Å². The van der Waals surface area contributed by atoms with E-state index in [1.54, 1.807) is 11.1 Å². The molecule has 1 aliphatic rings. The highest BCUT2D eigenvalue weighted by molar-refractivity contribution is 6.11. The van der Waals surface area contributed by atoms with Crippen molar-refractivity contribution in [3.8, 4) is 0 Å². The largest absolute Gasteiger partial charge is 0.372 e. The number of fused-ring (bicyclic) bond motifs is 2. The molecule has 4 heteroatoms. The summed E-state index contributed by atoms with van der Waals surface area (Å²) in [5, 5.41) is 12.2. The Morgan fingerprint density at radius 3 is 2.64 bits per heavy atom. The Kier molecular flexibility index (Phi) is 2.65. The van der Waals surface area contributed by atoms with Crippen LogP contribution < -0.4 is 4.90 Å². The van der Waals surface area contributed by atoms with Gasteiger partial charge in [-0.25, -0.2) is 0 Å². The number of hydrogen-bond acceptors (Lipinski definition) is 2. The number of carbonyl (C=O) groups excluding carboxylic acids is 1. The van der Waals surface area contributed by atoms with Gasteiger partial charge in [0.1, 0.15) is 0 Å². The molecule has 0 spiro atoms. The Hall–Kier alpha value is -2.59. The van der Waals surface area contributed by atoms with Crippen LogP contribution in [-0.2, 0) is 10.4 Å². The summed E-state index contributed by atoms with van der Waals surface area (Å²) in [6.45, 7) is 2.44. The molecule has 0 bridgehead atoms. The van der Waals surface area contributed by atoms with Gasteiger partial charge in [0, 0.05) is 34.8 Å². The Bertz CT molecular complexity index is 883. The predicted octanol–water partition coefficient (Wildman–Crippen LogP) is 2.77. The number of benzene rings is 2. The fourth-order valence-electron chi connectivity index (χ4n) is 3.38. The van der Waals surface area contributed by atoms with Crippen LogP contribution in [0.2, 0.25) is 0 Å². The minimum absolute atomic E-state index is 0.291. The Balaban J connectivity index is 2.03. The molecule has 1 atom stereocenters. The summed E-state index contributed by atoms with van der Waals surface area (Å²) >= 11 is 0. The van der Waals surface area contributed by atoms with Crippen molar-refractivity contribution < 1.29 is 9.90 Å². The third kappa shape index (κ3) is 1.47. The van der Waals surface area contributed by atoms with E-state index in [0.29, 0.717) is 17.7 Å². The molecule has 3 aromatic rings. The van der Waals surface area contributed by atoms with Gasteiger partial charge in [-0.05, 0) is 19.1 Å². The third-order valence-corrected chi connectivity index (χ3v) is 4.43. The molecule has 0 aliphatic carbocycles. The molecular weight excluding hydrogens is 276 g/mol. The van der Waals surface area contributed by atoms with E-state index in [1.165, 1.54) is 0 Å². The molecule has 22 heavy (non-hydrogen) atoms.